The molecule has 1 aliphatic heterocycles. The SMILES string of the molecule is NOCCc1cc(Br)cc2c1OCC2. The van der Waals surface area contributed by atoms with Crippen molar-refractivity contribution in [2.24, 2.45) is 5.90 Å². The first-order valence-corrected chi connectivity index (χ1v) is 5.36. The molecule has 0 radical (unpaired) electrons. The van der Waals surface area contributed by atoms with Crippen molar-refractivity contribution in [3.63, 3.8) is 0 Å². The Morgan fingerprint density at radius 3 is 3.14 bits per heavy atom. The van der Waals surface area contributed by atoms with Crippen LogP contribution in [-0.2, 0) is 17.7 Å². The van der Waals surface area contributed by atoms with Crippen LogP contribution < -0.4 is 10.6 Å². The maximum absolute atomic E-state index is 5.56. The lowest BCUT2D eigenvalue weighted by molar-refractivity contribution is 0.140. The van der Waals surface area contributed by atoms with Crippen molar-refractivity contribution in [1.82, 2.24) is 0 Å². The second-order valence-electron chi connectivity index (χ2n) is 3.27. The van der Waals surface area contributed by atoms with Gasteiger partial charge in [0.05, 0.1) is 13.2 Å². The fraction of sp³-hybridized carbons (Fsp3) is 0.400. The van der Waals surface area contributed by atoms with Gasteiger partial charge in [-0.3, -0.25) is 0 Å². The zero-order chi connectivity index (χ0) is 9.97. The molecule has 0 fully saturated rings. The summed E-state index contributed by atoms with van der Waals surface area (Å²) < 4.78 is 6.66. The van der Waals surface area contributed by atoms with Crippen LogP contribution in [0.1, 0.15) is 11.1 Å². The van der Waals surface area contributed by atoms with Gasteiger partial charge in [-0.2, -0.15) is 0 Å². The van der Waals surface area contributed by atoms with E-state index in [2.05, 4.69) is 32.9 Å². The first kappa shape index (κ1) is 9.96. The third-order valence-corrected chi connectivity index (χ3v) is 2.77. The zero-order valence-corrected chi connectivity index (χ0v) is 9.34. The molecule has 14 heavy (non-hydrogen) atoms. The summed E-state index contributed by atoms with van der Waals surface area (Å²) in [7, 11) is 0. The molecule has 76 valence electrons. The van der Waals surface area contributed by atoms with E-state index < -0.39 is 0 Å². The Morgan fingerprint density at radius 1 is 1.50 bits per heavy atom. The maximum Gasteiger partial charge on any atom is 0.125 e. The van der Waals surface area contributed by atoms with E-state index in [-0.39, 0.29) is 0 Å². The summed E-state index contributed by atoms with van der Waals surface area (Å²) in [4.78, 5) is 4.57. The number of benzene rings is 1. The van der Waals surface area contributed by atoms with E-state index in [1.54, 1.807) is 0 Å². The smallest absolute Gasteiger partial charge is 0.125 e. The molecule has 0 aliphatic carbocycles. The molecule has 1 aromatic rings. The Hall–Kier alpha value is -0.580. The molecule has 0 spiro atoms. The van der Waals surface area contributed by atoms with Gasteiger partial charge in [0.15, 0.2) is 0 Å². The van der Waals surface area contributed by atoms with Crippen LogP contribution >= 0.6 is 15.9 Å². The van der Waals surface area contributed by atoms with Gasteiger partial charge in [-0.1, -0.05) is 15.9 Å². The summed E-state index contributed by atoms with van der Waals surface area (Å²) in [5.74, 6) is 6.03. The highest BCUT2D eigenvalue weighted by molar-refractivity contribution is 9.10. The van der Waals surface area contributed by atoms with Crippen LogP contribution in [0, 0.1) is 0 Å². The number of rotatable bonds is 3. The molecule has 0 saturated carbocycles. The summed E-state index contributed by atoms with van der Waals surface area (Å²) in [6.07, 6.45) is 1.78. The molecule has 1 aliphatic rings. The van der Waals surface area contributed by atoms with Crippen LogP contribution in [0.5, 0.6) is 5.75 Å². The number of hydrogen-bond acceptors (Lipinski definition) is 3. The van der Waals surface area contributed by atoms with Crippen LogP contribution in [0.15, 0.2) is 16.6 Å². The van der Waals surface area contributed by atoms with Gasteiger partial charge in [0.25, 0.3) is 0 Å². The summed E-state index contributed by atoms with van der Waals surface area (Å²) in [5.41, 5.74) is 2.43. The van der Waals surface area contributed by atoms with Crippen molar-refractivity contribution in [2.75, 3.05) is 13.2 Å². The minimum atomic E-state index is 0.520. The van der Waals surface area contributed by atoms with E-state index in [1.807, 2.05) is 0 Å². The van der Waals surface area contributed by atoms with Crippen molar-refractivity contribution in [3.8, 4) is 5.75 Å². The molecule has 1 heterocycles. The molecule has 4 heteroatoms. The van der Waals surface area contributed by atoms with Gasteiger partial charge < -0.3 is 9.57 Å². The number of fused-ring (bicyclic) bond motifs is 1. The van der Waals surface area contributed by atoms with Crippen molar-refractivity contribution in [1.29, 1.82) is 0 Å². The minimum absolute atomic E-state index is 0.520. The summed E-state index contributed by atoms with van der Waals surface area (Å²) in [5, 5.41) is 0. The van der Waals surface area contributed by atoms with Crippen LogP contribution in [0.3, 0.4) is 0 Å². The fourth-order valence-corrected chi connectivity index (χ4v) is 2.25. The van der Waals surface area contributed by atoms with Crippen LogP contribution in [0.25, 0.3) is 0 Å². The van der Waals surface area contributed by atoms with E-state index in [0.29, 0.717) is 6.61 Å². The van der Waals surface area contributed by atoms with Crippen LogP contribution in [-0.4, -0.2) is 13.2 Å². The lowest BCUT2D eigenvalue weighted by atomic mass is 10.1. The Labute approximate surface area is 91.3 Å². The summed E-state index contributed by atoms with van der Waals surface area (Å²) in [6, 6.07) is 4.16. The number of ether oxygens (including phenoxy) is 1. The van der Waals surface area contributed by atoms with Gasteiger partial charge in [-0.25, -0.2) is 5.90 Å². The van der Waals surface area contributed by atoms with Crippen molar-refractivity contribution < 1.29 is 9.57 Å². The zero-order valence-electron chi connectivity index (χ0n) is 7.75. The molecule has 0 bridgehead atoms. The number of nitrogens with two attached hydrogens (primary N) is 1. The standard InChI is InChI=1S/C10H12BrNO2/c11-9-5-7-1-3-13-10(7)8(6-9)2-4-14-12/h5-6H,1-4,12H2. The molecule has 0 unspecified atom stereocenters. The molecule has 2 rings (SSSR count). The highest BCUT2D eigenvalue weighted by Crippen LogP contribution is 2.33. The summed E-state index contributed by atoms with van der Waals surface area (Å²) >= 11 is 3.48. The molecule has 2 N–H and O–H groups in total. The molecule has 0 saturated heterocycles. The lowest BCUT2D eigenvalue weighted by Crippen LogP contribution is -2.04. The number of halogens is 1. The molecule has 1 aromatic carbocycles. The highest BCUT2D eigenvalue weighted by Gasteiger charge is 2.16. The molecule has 0 atom stereocenters. The van der Waals surface area contributed by atoms with Crippen LogP contribution in [0.4, 0.5) is 0 Å². The van der Waals surface area contributed by atoms with Gasteiger partial charge >= 0.3 is 0 Å². The first-order chi connectivity index (χ1) is 6.81. The normalized spacial score (nSPS) is 13.9. The quantitative estimate of drug-likeness (QED) is 0.841. The minimum Gasteiger partial charge on any atom is -0.493 e. The molecular formula is C10H12BrNO2. The van der Waals surface area contributed by atoms with Gasteiger partial charge in [0, 0.05) is 17.3 Å². The fourth-order valence-electron chi connectivity index (χ4n) is 1.70. The van der Waals surface area contributed by atoms with Crippen molar-refractivity contribution in [2.45, 2.75) is 12.8 Å². The topological polar surface area (TPSA) is 44.5 Å². The predicted octanol–water partition coefficient (Wildman–Crippen LogP) is 1.82. The van der Waals surface area contributed by atoms with Gasteiger partial charge in [-0.05, 0) is 23.3 Å². The van der Waals surface area contributed by atoms with Gasteiger partial charge in [-0.15, -0.1) is 0 Å². The Balaban J connectivity index is 2.29. The lowest BCUT2D eigenvalue weighted by Gasteiger charge is -2.08. The Kier molecular flexibility index (Phi) is 3.05. The third kappa shape index (κ3) is 1.92. The Morgan fingerprint density at radius 2 is 2.36 bits per heavy atom. The third-order valence-electron chi connectivity index (χ3n) is 2.31. The molecule has 3 nitrogen and oxygen atoms in total. The van der Waals surface area contributed by atoms with Crippen molar-refractivity contribution in [3.05, 3.63) is 27.7 Å². The van der Waals surface area contributed by atoms with Gasteiger partial charge in [0.2, 0.25) is 0 Å². The second-order valence-corrected chi connectivity index (χ2v) is 4.19. The Bertz CT molecular complexity index is 341. The summed E-state index contributed by atoms with van der Waals surface area (Å²) in [6.45, 7) is 1.30. The van der Waals surface area contributed by atoms with E-state index in [0.717, 1.165) is 35.2 Å². The predicted molar refractivity (Wildman–Crippen MR) is 57.2 cm³/mol. The van der Waals surface area contributed by atoms with E-state index in [9.17, 15) is 0 Å². The van der Waals surface area contributed by atoms with Gasteiger partial charge in [0.1, 0.15) is 5.75 Å². The molecule has 0 aromatic heterocycles. The van der Waals surface area contributed by atoms with E-state index >= 15 is 0 Å². The van der Waals surface area contributed by atoms with E-state index in [1.165, 1.54) is 5.56 Å². The monoisotopic (exact) mass is 257 g/mol. The average Bonchev–Trinajstić information content (AvgIpc) is 2.61. The average molecular weight is 258 g/mol. The van der Waals surface area contributed by atoms with E-state index in [4.69, 9.17) is 10.6 Å². The molecular weight excluding hydrogens is 246 g/mol. The number of hydrogen-bond donors (Lipinski definition) is 1. The second kappa shape index (κ2) is 4.29. The van der Waals surface area contributed by atoms with Crippen LogP contribution in [0.2, 0.25) is 0 Å². The van der Waals surface area contributed by atoms with Crippen molar-refractivity contribution >= 4 is 15.9 Å². The highest BCUT2D eigenvalue weighted by atomic mass is 79.9. The largest absolute Gasteiger partial charge is 0.493 e. The molecule has 0 amide bonds. The maximum atomic E-state index is 5.56. The first-order valence-electron chi connectivity index (χ1n) is 4.57.